The van der Waals surface area contributed by atoms with Gasteiger partial charge in [0.25, 0.3) is 0 Å². The number of aromatic nitrogens is 2. The van der Waals surface area contributed by atoms with Crippen molar-refractivity contribution < 1.29 is 10.2 Å². The van der Waals surface area contributed by atoms with Crippen LogP contribution in [0.15, 0.2) is 243 Å². The molecule has 2 aromatic heterocycles. The lowest BCUT2D eigenvalue weighted by Crippen LogP contribution is -2.30. The molecule has 0 bridgehead atoms. The molecule has 0 saturated heterocycles. The molecule has 9 aromatic carbocycles. The summed E-state index contributed by atoms with van der Waals surface area (Å²) >= 11 is 0. The van der Waals surface area contributed by atoms with Crippen molar-refractivity contribution in [2.24, 2.45) is 0 Å². The number of hydrogen-bond donors (Lipinski definition) is 0. The maximum Gasteiger partial charge on any atom is 0.137 e. The molecule has 1 aliphatic heterocycles. The lowest BCUT2D eigenvalue weighted by molar-refractivity contribution is 0.345. The second kappa shape index (κ2) is 18.0. The van der Waals surface area contributed by atoms with Crippen LogP contribution in [-0.4, -0.2) is 16.2 Å². The number of pyridine rings is 1. The molecule has 0 amide bonds. The summed E-state index contributed by atoms with van der Waals surface area (Å²) in [4.78, 5) is 9.80. The predicted octanol–water partition coefficient (Wildman–Crippen LogP) is 17.5. The predicted molar refractivity (Wildman–Crippen MR) is 294 cm³/mol. The normalized spacial score (nSPS) is 16.5. The number of nitrogens with zero attached hydrogens (tertiary/aromatic N) is 4. The van der Waals surface area contributed by atoms with Gasteiger partial charge >= 0.3 is 0 Å². The van der Waals surface area contributed by atoms with Gasteiger partial charge in [-0.25, -0.2) is 4.98 Å². The van der Waals surface area contributed by atoms with E-state index in [1.54, 1.807) is 12.3 Å². The van der Waals surface area contributed by atoms with Gasteiger partial charge in [0, 0.05) is 56.8 Å². The summed E-state index contributed by atoms with van der Waals surface area (Å²) in [7, 11) is 0. The zero-order chi connectivity index (χ0) is 50.7. The molecule has 0 radical (unpaired) electrons. The summed E-state index contributed by atoms with van der Waals surface area (Å²) in [5.74, 6) is 1.87. The van der Waals surface area contributed by atoms with E-state index < -0.39 is 18.2 Å². The fourth-order valence-electron chi connectivity index (χ4n) is 10.9. The zero-order valence-electron chi connectivity index (χ0n) is 43.1. The van der Waals surface area contributed by atoms with Gasteiger partial charge in [0.15, 0.2) is 0 Å². The third-order valence-corrected chi connectivity index (χ3v) is 14.2. The molecule has 0 atom stereocenters. The molecule has 1 saturated carbocycles. The highest BCUT2D eigenvalue weighted by Gasteiger charge is 2.36. The maximum atomic E-state index is 9.59. The minimum Gasteiger partial charge on any atom is -0.457 e. The van der Waals surface area contributed by atoms with Gasteiger partial charge in [-0.15, -0.1) is 0 Å². The largest absolute Gasteiger partial charge is 0.457 e. The van der Waals surface area contributed by atoms with Crippen molar-refractivity contribution >= 4 is 44.6 Å². The summed E-state index contributed by atoms with van der Waals surface area (Å²) in [5, 5.41) is 2.03. The maximum absolute atomic E-state index is 9.59. The molecule has 2 aliphatic rings. The van der Waals surface area contributed by atoms with Crippen LogP contribution in [0.25, 0.3) is 61.0 Å². The van der Waals surface area contributed by atoms with Gasteiger partial charge in [-0.1, -0.05) is 189 Å². The molecule has 0 unspecified atom stereocenters. The Morgan fingerprint density at radius 3 is 1.75 bits per heavy atom. The number of rotatable bonds is 10. The third-order valence-electron chi connectivity index (χ3n) is 14.2. The van der Waals surface area contributed by atoms with Crippen LogP contribution in [0.2, 0.25) is 0 Å². The van der Waals surface area contributed by atoms with Gasteiger partial charge in [-0.05, 0) is 101 Å². The molecule has 5 nitrogen and oxygen atoms in total. The monoisotopic (exact) mass is 920 g/mol. The molecule has 1 fully saturated rings. The number of benzene rings is 9. The third kappa shape index (κ3) is 7.62. The number of fused-ring (bicyclic) bond motifs is 4. The highest BCUT2D eigenvalue weighted by Crippen LogP contribution is 2.51. The Balaban J connectivity index is 0.935. The SMILES string of the molecule is [2H]C1([2H])CCCC([2H])([2H])C1(c1ccccc1)c1ccnc(-n2c3ccccc3c3ccc(Oc4cc(-c5ccccc5)cc(N5CN(c6c(-c7ccccc7)cccc6-c6ccccc6)c6ccccc65)c4)cc32)c1. The topological polar surface area (TPSA) is 33.5 Å². The first-order valence-corrected chi connectivity index (χ1v) is 24.5. The highest BCUT2D eigenvalue weighted by atomic mass is 16.5. The van der Waals surface area contributed by atoms with Crippen LogP contribution in [-0.2, 0) is 5.41 Å². The first kappa shape index (κ1) is 38.2. The second-order valence-corrected chi connectivity index (χ2v) is 18.4. The number of para-hydroxylation sites is 4. The summed E-state index contributed by atoms with van der Waals surface area (Å²) < 4.78 is 47.5. The Bertz CT molecular complexity index is 3830. The van der Waals surface area contributed by atoms with E-state index in [1.165, 1.54) is 0 Å². The Morgan fingerprint density at radius 2 is 1.04 bits per heavy atom. The Kier molecular flexibility index (Phi) is 9.69. The average molecular weight is 921 g/mol. The Hall–Kier alpha value is -8.67. The molecular formula is C66H52N4O. The van der Waals surface area contributed by atoms with Crippen molar-refractivity contribution in [3.05, 3.63) is 254 Å². The van der Waals surface area contributed by atoms with Crippen LogP contribution in [0, 0.1) is 0 Å². The van der Waals surface area contributed by atoms with E-state index in [0.717, 1.165) is 77.9 Å². The van der Waals surface area contributed by atoms with E-state index in [9.17, 15) is 5.48 Å². The van der Waals surface area contributed by atoms with Crippen molar-refractivity contribution in [2.75, 3.05) is 16.5 Å². The van der Waals surface area contributed by atoms with Crippen molar-refractivity contribution in [3.63, 3.8) is 0 Å². The van der Waals surface area contributed by atoms with Gasteiger partial charge in [0.05, 0.1) is 28.1 Å². The highest BCUT2D eigenvalue weighted by molar-refractivity contribution is 6.09. The minimum atomic E-state index is -1.89. The number of anilines is 4. The van der Waals surface area contributed by atoms with Gasteiger partial charge < -0.3 is 14.5 Å². The quantitative estimate of drug-likeness (QED) is 0.137. The van der Waals surface area contributed by atoms with Crippen molar-refractivity contribution in [2.45, 2.75) is 37.4 Å². The Morgan fingerprint density at radius 1 is 0.437 bits per heavy atom. The molecule has 342 valence electrons. The van der Waals surface area contributed by atoms with E-state index in [0.29, 0.717) is 41.5 Å². The summed E-state index contributed by atoms with van der Waals surface area (Å²) in [6.07, 6.45) is -1.15. The van der Waals surface area contributed by atoms with Crippen molar-refractivity contribution in [3.8, 4) is 50.7 Å². The van der Waals surface area contributed by atoms with Crippen LogP contribution in [0.3, 0.4) is 0 Å². The number of hydrogen-bond acceptors (Lipinski definition) is 4. The molecule has 3 heterocycles. The van der Waals surface area contributed by atoms with E-state index in [1.807, 2.05) is 60.7 Å². The van der Waals surface area contributed by atoms with Gasteiger partial charge in [-0.3, -0.25) is 4.57 Å². The van der Waals surface area contributed by atoms with E-state index in [2.05, 4.69) is 184 Å². The Labute approximate surface area is 421 Å². The molecule has 71 heavy (non-hydrogen) atoms. The first-order chi connectivity index (χ1) is 36.7. The smallest absolute Gasteiger partial charge is 0.137 e. The minimum absolute atomic E-state index is 0.238. The molecule has 0 spiro atoms. The standard InChI is InChI=1S/C66H52N4O/c1-6-21-47(22-7-1)50-41-53(68-46-69(62-34-17-16-33-61(62)68)65-56(48-23-8-2-9-24-48)30-20-31-57(65)49-25-10-3-11-26-49)44-55(42-50)71-54-35-36-59-58-29-14-15-32-60(58)70(63(59)45-54)64-43-52(37-40-67-64)66(38-18-5-19-39-66)51-27-12-4-13-28-51/h1-4,6-17,20-37,40-45H,5,18-19,38-39,46H2/i38D2,39D2. The van der Waals surface area contributed by atoms with E-state index >= 15 is 0 Å². The summed E-state index contributed by atoms with van der Waals surface area (Å²) in [6.45, 7) is 0.549. The van der Waals surface area contributed by atoms with Crippen molar-refractivity contribution in [1.29, 1.82) is 0 Å². The van der Waals surface area contributed by atoms with E-state index in [4.69, 9.17) is 9.72 Å². The van der Waals surface area contributed by atoms with Gasteiger partial charge in [0.1, 0.15) is 24.0 Å². The molecule has 1 aliphatic carbocycles. The van der Waals surface area contributed by atoms with Crippen LogP contribution in [0.4, 0.5) is 22.7 Å². The number of ether oxygens (including phenoxy) is 1. The summed E-state index contributed by atoms with van der Waals surface area (Å²) in [5.41, 5.74) is 12.3. The van der Waals surface area contributed by atoms with E-state index in [-0.39, 0.29) is 12.8 Å². The molecule has 11 aromatic rings. The fraction of sp³-hybridized carbons (Fsp3) is 0.106. The first-order valence-electron chi connectivity index (χ1n) is 26.5. The summed E-state index contributed by atoms with van der Waals surface area (Å²) in [6, 6.07) is 81.0. The van der Waals surface area contributed by atoms with Gasteiger partial charge in [-0.2, -0.15) is 0 Å². The molecule has 0 N–H and O–H groups in total. The van der Waals surface area contributed by atoms with Gasteiger partial charge in [0.2, 0.25) is 0 Å². The van der Waals surface area contributed by atoms with Crippen LogP contribution >= 0.6 is 0 Å². The van der Waals surface area contributed by atoms with Crippen LogP contribution in [0.5, 0.6) is 11.5 Å². The van der Waals surface area contributed by atoms with Crippen molar-refractivity contribution in [1.82, 2.24) is 9.55 Å². The van der Waals surface area contributed by atoms with Crippen LogP contribution in [0.1, 0.15) is 48.6 Å². The van der Waals surface area contributed by atoms with Crippen LogP contribution < -0.4 is 14.5 Å². The molecule has 5 heteroatoms. The second-order valence-electron chi connectivity index (χ2n) is 18.4. The molecule has 13 rings (SSSR count). The molecular weight excluding hydrogens is 865 g/mol. The average Bonchev–Trinajstić information content (AvgIpc) is 4.07. The fourth-order valence-corrected chi connectivity index (χ4v) is 10.9. The zero-order valence-corrected chi connectivity index (χ0v) is 39.1. The lowest BCUT2D eigenvalue weighted by Gasteiger charge is -2.38. The lowest BCUT2D eigenvalue weighted by atomic mass is 9.65.